The van der Waals surface area contributed by atoms with Gasteiger partial charge in [0.1, 0.15) is 24.1 Å². The Bertz CT molecular complexity index is 617. The van der Waals surface area contributed by atoms with Crippen LogP contribution in [0.1, 0.15) is 22.4 Å². The van der Waals surface area contributed by atoms with Crippen LogP contribution in [0, 0.1) is 18.3 Å². The van der Waals surface area contributed by atoms with E-state index in [4.69, 9.17) is 15.7 Å². The smallest absolute Gasteiger partial charge is 0.140 e. The Labute approximate surface area is 112 Å². The predicted octanol–water partition coefficient (Wildman–Crippen LogP) is 2.30. The summed E-state index contributed by atoms with van der Waals surface area (Å²) >= 11 is 0. The van der Waals surface area contributed by atoms with Gasteiger partial charge in [-0.05, 0) is 30.7 Å². The fraction of sp³-hybridized carbons (Fsp3) is 0.200. The molecule has 1 aromatic carbocycles. The zero-order valence-corrected chi connectivity index (χ0v) is 10.8. The van der Waals surface area contributed by atoms with E-state index in [1.165, 1.54) is 0 Å². The first kappa shape index (κ1) is 13.1. The molecule has 19 heavy (non-hydrogen) atoms. The number of aryl methyl sites for hydroxylation is 1. The molecule has 2 rings (SSSR count). The first-order valence-electron chi connectivity index (χ1n) is 6.00. The number of rotatable bonds is 4. The zero-order chi connectivity index (χ0) is 13.7. The molecular weight excluding hydrogens is 238 g/mol. The summed E-state index contributed by atoms with van der Waals surface area (Å²) in [5.41, 5.74) is 9.14. The molecule has 0 aliphatic heterocycles. The van der Waals surface area contributed by atoms with E-state index in [0.717, 1.165) is 22.4 Å². The predicted molar refractivity (Wildman–Crippen MR) is 72.4 cm³/mol. The molecule has 0 saturated carbocycles. The van der Waals surface area contributed by atoms with Crippen molar-refractivity contribution in [3.8, 4) is 11.8 Å². The largest absolute Gasteiger partial charge is 0.489 e. The Balaban J connectivity index is 2.12. The third kappa shape index (κ3) is 3.30. The summed E-state index contributed by atoms with van der Waals surface area (Å²) in [6, 6.07) is 11.5. The summed E-state index contributed by atoms with van der Waals surface area (Å²) in [4.78, 5) is 3.92. The molecule has 0 radical (unpaired) electrons. The number of nitrogens with two attached hydrogens (primary N) is 1. The molecule has 0 aliphatic rings. The highest BCUT2D eigenvalue weighted by atomic mass is 16.5. The molecule has 0 saturated heterocycles. The lowest BCUT2D eigenvalue weighted by Crippen LogP contribution is -2.03. The minimum Gasteiger partial charge on any atom is -0.489 e. The van der Waals surface area contributed by atoms with Crippen LogP contribution in [0.2, 0.25) is 0 Å². The van der Waals surface area contributed by atoms with Gasteiger partial charge in [0.2, 0.25) is 0 Å². The molecular formula is C15H15N3O. The number of aromatic nitrogens is 1. The third-order valence-electron chi connectivity index (χ3n) is 2.77. The summed E-state index contributed by atoms with van der Waals surface area (Å²) in [5, 5.41) is 8.79. The second kappa shape index (κ2) is 5.98. The normalized spacial score (nSPS) is 9.95. The molecule has 96 valence electrons. The average Bonchev–Trinajstić information content (AvgIpc) is 2.46. The van der Waals surface area contributed by atoms with Gasteiger partial charge in [-0.15, -0.1) is 0 Å². The third-order valence-corrected chi connectivity index (χ3v) is 2.77. The number of hydrogen-bond donors (Lipinski definition) is 1. The van der Waals surface area contributed by atoms with Gasteiger partial charge in [-0.1, -0.05) is 17.7 Å². The number of benzene rings is 1. The quantitative estimate of drug-likeness (QED) is 0.907. The van der Waals surface area contributed by atoms with Crippen LogP contribution in [0.5, 0.6) is 5.75 Å². The van der Waals surface area contributed by atoms with Crippen molar-refractivity contribution in [3.63, 3.8) is 0 Å². The van der Waals surface area contributed by atoms with Crippen molar-refractivity contribution >= 4 is 0 Å². The van der Waals surface area contributed by atoms with Crippen LogP contribution in [0.15, 0.2) is 36.5 Å². The van der Waals surface area contributed by atoms with E-state index >= 15 is 0 Å². The van der Waals surface area contributed by atoms with E-state index in [9.17, 15) is 0 Å². The molecule has 0 spiro atoms. The maximum absolute atomic E-state index is 8.79. The van der Waals surface area contributed by atoms with Crippen LogP contribution in [-0.4, -0.2) is 4.98 Å². The fourth-order valence-corrected chi connectivity index (χ4v) is 1.79. The summed E-state index contributed by atoms with van der Waals surface area (Å²) in [5.74, 6) is 0.781. The summed E-state index contributed by atoms with van der Waals surface area (Å²) < 4.78 is 5.75. The number of pyridine rings is 1. The first-order valence-corrected chi connectivity index (χ1v) is 6.00. The Morgan fingerprint density at radius 1 is 1.32 bits per heavy atom. The molecule has 1 heterocycles. The monoisotopic (exact) mass is 253 g/mol. The highest BCUT2D eigenvalue weighted by Gasteiger charge is 2.04. The van der Waals surface area contributed by atoms with Crippen LogP contribution >= 0.6 is 0 Å². The molecule has 0 aliphatic carbocycles. The molecule has 0 fully saturated rings. The summed E-state index contributed by atoms with van der Waals surface area (Å²) in [7, 11) is 0. The number of nitriles is 1. The van der Waals surface area contributed by atoms with Crippen molar-refractivity contribution < 1.29 is 4.74 Å². The number of nitrogens with zero attached hydrogens (tertiary/aromatic N) is 2. The lowest BCUT2D eigenvalue weighted by molar-refractivity contribution is 0.303. The van der Waals surface area contributed by atoms with E-state index in [-0.39, 0.29) is 0 Å². The van der Waals surface area contributed by atoms with Gasteiger partial charge in [-0.3, -0.25) is 0 Å². The van der Waals surface area contributed by atoms with Crippen LogP contribution in [0.4, 0.5) is 0 Å². The van der Waals surface area contributed by atoms with E-state index in [2.05, 4.69) is 4.98 Å². The molecule has 4 heteroatoms. The summed E-state index contributed by atoms with van der Waals surface area (Å²) in [6.45, 7) is 2.86. The Kier molecular flexibility index (Phi) is 4.11. The van der Waals surface area contributed by atoms with E-state index in [1.54, 1.807) is 12.3 Å². The highest BCUT2D eigenvalue weighted by Crippen LogP contribution is 2.20. The van der Waals surface area contributed by atoms with E-state index in [0.29, 0.717) is 18.8 Å². The van der Waals surface area contributed by atoms with Crippen LogP contribution in [-0.2, 0) is 13.2 Å². The standard InChI is InChI=1S/C15H15N3O/c1-11-2-3-15(13(6-11)8-16)19-10-12-4-5-18-14(7-12)9-17/h2-7H,8,10,16H2,1H3. The Morgan fingerprint density at radius 3 is 2.89 bits per heavy atom. The topological polar surface area (TPSA) is 71.9 Å². The van der Waals surface area contributed by atoms with Gasteiger partial charge < -0.3 is 10.5 Å². The first-order chi connectivity index (χ1) is 9.22. The van der Waals surface area contributed by atoms with Crippen molar-refractivity contribution in [1.29, 1.82) is 5.26 Å². The second-order valence-corrected chi connectivity index (χ2v) is 4.27. The Hall–Kier alpha value is -2.38. The van der Waals surface area contributed by atoms with E-state index in [1.807, 2.05) is 37.3 Å². The molecule has 0 atom stereocenters. The van der Waals surface area contributed by atoms with Crippen molar-refractivity contribution in [3.05, 3.63) is 58.9 Å². The minimum absolute atomic E-state index is 0.393. The van der Waals surface area contributed by atoms with Gasteiger partial charge in [-0.2, -0.15) is 5.26 Å². The maximum atomic E-state index is 8.79. The molecule has 0 amide bonds. The van der Waals surface area contributed by atoms with Gasteiger partial charge in [0, 0.05) is 18.3 Å². The maximum Gasteiger partial charge on any atom is 0.140 e. The highest BCUT2D eigenvalue weighted by molar-refractivity contribution is 5.37. The van der Waals surface area contributed by atoms with Crippen molar-refractivity contribution in [2.45, 2.75) is 20.1 Å². The van der Waals surface area contributed by atoms with Crippen molar-refractivity contribution in [1.82, 2.24) is 4.98 Å². The van der Waals surface area contributed by atoms with Gasteiger partial charge in [-0.25, -0.2) is 4.98 Å². The van der Waals surface area contributed by atoms with Crippen LogP contribution in [0.3, 0.4) is 0 Å². The lowest BCUT2D eigenvalue weighted by atomic mass is 10.1. The SMILES string of the molecule is Cc1ccc(OCc2ccnc(C#N)c2)c(CN)c1. The zero-order valence-electron chi connectivity index (χ0n) is 10.8. The van der Waals surface area contributed by atoms with Gasteiger partial charge in [0.15, 0.2) is 0 Å². The van der Waals surface area contributed by atoms with Crippen molar-refractivity contribution in [2.24, 2.45) is 5.73 Å². The summed E-state index contributed by atoms with van der Waals surface area (Å²) in [6.07, 6.45) is 1.61. The lowest BCUT2D eigenvalue weighted by Gasteiger charge is -2.11. The molecule has 0 bridgehead atoms. The van der Waals surface area contributed by atoms with E-state index < -0.39 is 0 Å². The van der Waals surface area contributed by atoms with Crippen LogP contribution < -0.4 is 10.5 Å². The van der Waals surface area contributed by atoms with Gasteiger partial charge in [0.25, 0.3) is 0 Å². The van der Waals surface area contributed by atoms with Gasteiger partial charge >= 0.3 is 0 Å². The van der Waals surface area contributed by atoms with Crippen molar-refractivity contribution in [2.75, 3.05) is 0 Å². The minimum atomic E-state index is 0.393. The average molecular weight is 253 g/mol. The number of hydrogen-bond acceptors (Lipinski definition) is 4. The molecule has 2 N–H and O–H groups in total. The molecule has 2 aromatic rings. The molecule has 0 unspecified atom stereocenters. The molecule has 1 aromatic heterocycles. The van der Waals surface area contributed by atoms with Crippen LogP contribution in [0.25, 0.3) is 0 Å². The second-order valence-electron chi connectivity index (χ2n) is 4.27. The van der Waals surface area contributed by atoms with Gasteiger partial charge in [0.05, 0.1) is 0 Å². The fourth-order valence-electron chi connectivity index (χ4n) is 1.79. The Morgan fingerprint density at radius 2 is 2.16 bits per heavy atom. The number of ether oxygens (including phenoxy) is 1. The molecule has 4 nitrogen and oxygen atoms in total.